The van der Waals surface area contributed by atoms with Gasteiger partial charge >= 0.3 is 5.97 Å². The average molecular weight is 470 g/mol. The van der Waals surface area contributed by atoms with E-state index in [2.05, 4.69) is 5.32 Å². The maximum atomic E-state index is 12.8. The van der Waals surface area contributed by atoms with Crippen molar-refractivity contribution in [2.24, 2.45) is 0 Å². The monoisotopic (exact) mass is 469 g/mol. The molecule has 0 aliphatic heterocycles. The lowest BCUT2D eigenvalue weighted by Crippen LogP contribution is -2.32. The Kier molecular flexibility index (Phi) is 8.03. The highest BCUT2D eigenvalue weighted by molar-refractivity contribution is 6.33. The smallest absolute Gasteiger partial charge is 0.308 e. The van der Waals surface area contributed by atoms with Gasteiger partial charge in [0.1, 0.15) is 0 Å². The number of carbonyl (C=O) groups excluding carboxylic acids is 3. The van der Waals surface area contributed by atoms with Crippen molar-refractivity contribution < 1.29 is 19.1 Å². The summed E-state index contributed by atoms with van der Waals surface area (Å²) in [5.74, 6) is -1.40. The van der Waals surface area contributed by atoms with Crippen molar-refractivity contribution in [3.63, 3.8) is 0 Å². The molecule has 164 valence electrons. The Labute approximate surface area is 196 Å². The zero-order valence-corrected chi connectivity index (χ0v) is 18.8. The van der Waals surface area contributed by atoms with E-state index in [4.69, 9.17) is 27.9 Å². The molecule has 0 saturated carbocycles. The number of nitrogens with one attached hydrogen (secondary N) is 1. The van der Waals surface area contributed by atoms with Crippen LogP contribution in [0.15, 0.2) is 78.9 Å². The molecule has 1 N–H and O–H groups in total. The lowest BCUT2D eigenvalue weighted by molar-refractivity contribution is -0.146. The van der Waals surface area contributed by atoms with E-state index in [0.717, 1.165) is 5.56 Å². The second-order valence-corrected chi connectivity index (χ2v) is 7.97. The van der Waals surface area contributed by atoms with E-state index in [0.29, 0.717) is 21.2 Å². The van der Waals surface area contributed by atoms with Gasteiger partial charge in [-0.05, 0) is 36.8 Å². The summed E-state index contributed by atoms with van der Waals surface area (Å²) in [6.07, 6.45) is -1.16. The largest absolute Gasteiger partial charge is 0.454 e. The van der Waals surface area contributed by atoms with Crippen molar-refractivity contribution >= 4 is 40.9 Å². The van der Waals surface area contributed by atoms with Gasteiger partial charge in [-0.2, -0.15) is 0 Å². The summed E-state index contributed by atoms with van der Waals surface area (Å²) in [5.41, 5.74) is 1.37. The fourth-order valence-corrected chi connectivity index (χ4v) is 3.57. The first-order valence-electron chi connectivity index (χ1n) is 9.94. The number of hydrogen-bond acceptors (Lipinski definition) is 4. The van der Waals surface area contributed by atoms with Crippen LogP contribution in [0.5, 0.6) is 0 Å². The SMILES string of the molecule is CC(OC(=O)CC(NC(=O)c1ccccc1Cl)c1ccccc1)C(=O)c1cccc(Cl)c1. The van der Waals surface area contributed by atoms with Crippen LogP contribution in [0.1, 0.15) is 45.7 Å². The maximum Gasteiger partial charge on any atom is 0.308 e. The van der Waals surface area contributed by atoms with Crippen LogP contribution in [0.25, 0.3) is 0 Å². The highest BCUT2D eigenvalue weighted by Gasteiger charge is 2.24. The zero-order chi connectivity index (χ0) is 23.1. The first-order chi connectivity index (χ1) is 15.3. The van der Waals surface area contributed by atoms with Gasteiger partial charge in [0.2, 0.25) is 5.78 Å². The van der Waals surface area contributed by atoms with E-state index in [1.54, 1.807) is 66.7 Å². The third kappa shape index (κ3) is 6.19. The summed E-state index contributed by atoms with van der Waals surface area (Å²) in [6.45, 7) is 1.50. The van der Waals surface area contributed by atoms with Gasteiger partial charge in [0.15, 0.2) is 6.10 Å². The van der Waals surface area contributed by atoms with Crippen LogP contribution < -0.4 is 5.32 Å². The molecule has 2 unspecified atom stereocenters. The van der Waals surface area contributed by atoms with Crippen molar-refractivity contribution in [2.45, 2.75) is 25.5 Å². The predicted molar refractivity (Wildman–Crippen MR) is 124 cm³/mol. The molecule has 1 amide bonds. The third-order valence-corrected chi connectivity index (χ3v) is 5.35. The van der Waals surface area contributed by atoms with Crippen molar-refractivity contribution in [2.75, 3.05) is 0 Å². The quantitative estimate of drug-likeness (QED) is 0.340. The number of rotatable bonds is 8. The van der Waals surface area contributed by atoms with Crippen LogP contribution in [-0.4, -0.2) is 23.8 Å². The number of hydrogen-bond donors (Lipinski definition) is 1. The molecule has 0 heterocycles. The van der Waals surface area contributed by atoms with E-state index in [1.807, 2.05) is 6.07 Å². The lowest BCUT2D eigenvalue weighted by atomic mass is 10.0. The second-order valence-electron chi connectivity index (χ2n) is 7.13. The molecule has 0 bridgehead atoms. The summed E-state index contributed by atoms with van der Waals surface area (Å²) < 4.78 is 5.36. The van der Waals surface area contributed by atoms with Crippen LogP contribution in [0.3, 0.4) is 0 Å². The van der Waals surface area contributed by atoms with E-state index < -0.39 is 24.0 Å². The van der Waals surface area contributed by atoms with Gasteiger partial charge < -0.3 is 10.1 Å². The summed E-state index contributed by atoms with van der Waals surface area (Å²) in [5, 5.41) is 3.56. The molecule has 7 heteroatoms. The Hall–Kier alpha value is -3.15. The Morgan fingerprint density at radius 1 is 0.906 bits per heavy atom. The van der Waals surface area contributed by atoms with E-state index >= 15 is 0 Å². The van der Waals surface area contributed by atoms with Gasteiger partial charge in [-0.15, -0.1) is 0 Å². The number of amides is 1. The van der Waals surface area contributed by atoms with Crippen molar-refractivity contribution in [1.82, 2.24) is 5.32 Å². The second kappa shape index (κ2) is 10.9. The molecular formula is C25H21Cl2NO4. The Morgan fingerprint density at radius 3 is 2.28 bits per heavy atom. The van der Waals surface area contributed by atoms with Crippen molar-refractivity contribution in [1.29, 1.82) is 0 Å². The fraction of sp³-hybridized carbons (Fsp3) is 0.160. The molecule has 2 atom stereocenters. The molecule has 0 aliphatic rings. The van der Waals surface area contributed by atoms with Crippen LogP contribution >= 0.6 is 23.2 Å². The minimum Gasteiger partial charge on any atom is -0.454 e. The topological polar surface area (TPSA) is 72.5 Å². The van der Waals surface area contributed by atoms with Crippen LogP contribution in [0.4, 0.5) is 0 Å². The van der Waals surface area contributed by atoms with E-state index in [1.165, 1.54) is 13.0 Å². The molecule has 32 heavy (non-hydrogen) atoms. The van der Waals surface area contributed by atoms with Gasteiger partial charge in [0.05, 0.1) is 23.0 Å². The number of ether oxygens (including phenoxy) is 1. The average Bonchev–Trinajstić information content (AvgIpc) is 2.78. The Bertz CT molecular complexity index is 1120. The molecule has 3 aromatic carbocycles. The maximum absolute atomic E-state index is 12.8. The molecule has 0 saturated heterocycles. The fourth-order valence-electron chi connectivity index (χ4n) is 3.16. The molecule has 5 nitrogen and oxygen atoms in total. The number of halogens is 2. The normalized spacial score (nSPS) is 12.5. The minimum atomic E-state index is -1.00. The van der Waals surface area contributed by atoms with Crippen LogP contribution in [0, 0.1) is 0 Å². The highest BCUT2D eigenvalue weighted by atomic mass is 35.5. The van der Waals surface area contributed by atoms with Gasteiger partial charge in [-0.3, -0.25) is 14.4 Å². The number of benzene rings is 3. The summed E-state index contributed by atoms with van der Waals surface area (Å²) in [6, 6.07) is 21.5. The number of esters is 1. The van der Waals surface area contributed by atoms with Gasteiger partial charge in [-0.25, -0.2) is 0 Å². The lowest BCUT2D eigenvalue weighted by Gasteiger charge is -2.20. The number of carbonyl (C=O) groups is 3. The molecular weight excluding hydrogens is 449 g/mol. The standard InChI is InChI=1S/C25H21Cl2NO4/c1-16(24(30)18-10-7-11-19(26)14-18)32-23(29)15-22(17-8-3-2-4-9-17)28-25(31)20-12-5-6-13-21(20)27/h2-14,16,22H,15H2,1H3,(H,28,31). The Balaban J connectivity index is 1.72. The molecule has 0 aliphatic carbocycles. The third-order valence-electron chi connectivity index (χ3n) is 4.78. The molecule has 0 fully saturated rings. The molecule has 3 aromatic rings. The summed E-state index contributed by atoms with van der Waals surface area (Å²) in [4.78, 5) is 38.0. The van der Waals surface area contributed by atoms with Crippen LogP contribution in [0.2, 0.25) is 10.0 Å². The molecule has 3 rings (SSSR count). The number of ketones is 1. The zero-order valence-electron chi connectivity index (χ0n) is 17.3. The predicted octanol–water partition coefficient (Wildman–Crippen LogP) is 5.67. The van der Waals surface area contributed by atoms with Crippen LogP contribution in [-0.2, 0) is 9.53 Å². The Morgan fingerprint density at radius 2 is 1.59 bits per heavy atom. The van der Waals surface area contributed by atoms with Gasteiger partial charge in [0, 0.05) is 10.6 Å². The van der Waals surface area contributed by atoms with Gasteiger partial charge in [-0.1, -0.05) is 77.8 Å². The van der Waals surface area contributed by atoms with Crippen molar-refractivity contribution in [3.8, 4) is 0 Å². The summed E-state index contributed by atoms with van der Waals surface area (Å²) >= 11 is 12.1. The first kappa shape index (κ1) is 23.5. The minimum absolute atomic E-state index is 0.159. The van der Waals surface area contributed by atoms with E-state index in [-0.39, 0.29) is 12.2 Å². The van der Waals surface area contributed by atoms with Crippen molar-refractivity contribution in [3.05, 3.63) is 106 Å². The number of Topliss-reactive ketones (excluding diaryl/α,β-unsaturated/α-hetero) is 1. The molecule has 0 spiro atoms. The first-order valence-corrected chi connectivity index (χ1v) is 10.7. The van der Waals surface area contributed by atoms with Gasteiger partial charge in [0.25, 0.3) is 5.91 Å². The molecule has 0 aromatic heterocycles. The van der Waals surface area contributed by atoms with E-state index in [9.17, 15) is 14.4 Å². The highest BCUT2D eigenvalue weighted by Crippen LogP contribution is 2.21. The summed E-state index contributed by atoms with van der Waals surface area (Å²) in [7, 11) is 0. The molecule has 0 radical (unpaired) electrons.